The molecule has 0 aliphatic heterocycles. The van der Waals surface area contributed by atoms with Crippen LogP contribution in [-0.2, 0) is 0 Å². The molecule has 7 heteroatoms. The molecule has 0 aliphatic carbocycles. The lowest BCUT2D eigenvalue weighted by atomic mass is 10.2. The molecule has 2 rings (SSSR count). The molecule has 0 saturated carbocycles. The van der Waals surface area contributed by atoms with Gasteiger partial charge in [0.05, 0.1) is 5.52 Å². The van der Waals surface area contributed by atoms with E-state index in [2.05, 4.69) is 15.6 Å². The van der Waals surface area contributed by atoms with Gasteiger partial charge in [-0.15, -0.1) is 0 Å². The van der Waals surface area contributed by atoms with Gasteiger partial charge in [0.25, 0.3) is 11.8 Å². The van der Waals surface area contributed by atoms with Crippen LogP contribution >= 0.6 is 0 Å². The number of pyridine rings is 1. The molecule has 2 aromatic heterocycles. The first-order valence-corrected chi connectivity index (χ1v) is 8.15. The Morgan fingerprint density at radius 1 is 1.29 bits per heavy atom. The first-order valence-electron chi connectivity index (χ1n) is 8.15. The zero-order valence-corrected chi connectivity index (χ0v) is 14.7. The number of nitrogens with zero attached hydrogens (tertiary/aromatic N) is 3. The second-order valence-corrected chi connectivity index (χ2v) is 6.08. The summed E-state index contributed by atoms with van der Waals surface area (Å²) in [7, 11) is 3.88. The van der Waals surface area contributed by atoms with Crippen molar-refractivity contribution in [3.8, 4) is 0 Å². The average Bonchev–Trinajstić information content (AvgIpc) is 2.94. The van der Waals surface area contributed by atoms with E-state index in [9.17, 15) is 9.59 Å². The Labute approximate surface area is 142 Å². The molecular weight excluding hydrogens is 306 g/mol. The molecule has 2 heterocycles. The van der Waals surface area contributed by atoms with Crippen LogP contribution in [0.2, 0.25) is 0 Å². The summed E-state index contributed by atoms with van der Waals surface area (Å²) in [6.45, 7) is 5.18. The van der Waals surface area contributed by atoms with Gasteiger partial charge < -0.3 is 15.5 Å². The average molecular weight is 331 g/mol. The van der Waals surface area contributed by atoms with Crippen molar-refractivity contribution in [1.82, 2.24) is 24.9 Å². The minimum Gasteiger partial charge on any atom is -0.348 e. The molecule has 2 aromatic rings. The summed E-state index contributed by atoms with van der Waals surface area (Å²) >= 11 is 0. The number of fused-ring (bicyclic) bond motifs is 1. The molecule has 7 nitrogen and oxygen atoms in total. The second kappa shape index (κ2) is 7.92. The number of carbonyl (C=O) groups excluding carboxylic acids is 2. The minimum absolute atomic E-state index is 0.0512. The molecule has 0 aliphatic rings. The number of hydrogen-bond donors (Lipinski definition) is 2. The van der Waals surface area contributed by atoms with Crippen LogP contribution in [0.15, 0.2) is 24.4 Å². The number of aromatic nitrogens is 2. The fraction of sp³-hybridized carbons (Fsp3) is 0.471. The number of rotatable bonds is 7. The molecule has 2 N–H and O–H groups in total. The Morgan fingerprint density at radius 3 is 2.71 bits per heavy atom. The second-order valence-electron chi connectivity index (χ2n) is 6.08. The van der Waals surface area contributed by atoms with Gasteiger partial charge in [0, 0.05) is 25.3 Å². The smallest absolute Gasteiger partial charge is 0.287 e. The summed E-state index contributed by atoms with van der Waals surface area (Å²) < 4.78 is 1.65. The van der Waals surface area contributed by atoms with Gasteiger partial charge in [0.15, 0.2) is 5.69 Å². The normalized spacial score (nSPS) is 12.4. The fourth-order valence-electron chi connectivity index (χ4n) is 2.23. The molecule has 24 heavy (non-hydrogen) atoms. The maximum absolute atomic E-state index is 12.4. The number of hydrogen-bond acceptors (Lipinski definition) is 4. The zero-order chi connectivity index (χ0) is 17.7. The Balaban J connectivity index is 2.28. The molecule has 0 aromatic carbocycles. The van der Waals surface area contributed by atoms with Crippen LogP contribution in [0.1, 0.15) is 41.4 Å². The van der Waals surface area contributed by atoms with Gasteiger partial charge in [-0.3, -0.25) is 14.0 Å². The molecule has 0 spiro atoms. The fourth-order valence-corrected chi connectivity index (χ4v) is 2.23. The Hall–Kier alpha value is -2.41. The third-order valence-corrected chi connectivity index (χ3v) is 3.80. The van der Waals surface area contributed by atoms with Crippen molar-refractivity contribution < 1.29 is 9.59 Å². The van der Waals surface area contributed by atoms with E-state index in [0.717, 1.165) is 13.0 Å². The molecular formula is C17H25N5O2. The summed E-state index contributed by atoms with van der Waals surface area (Å²) in [5.41, 5.74) is 0.893. The van der Waals surface area contributed by atoms with Crippen LogP contribution in [0, 0.1) is 0 Å². The highest BCUT2D eigenvalue weighted by molar-refractivity contribution is 6.02. The first kappa shape index (κ1) is 17.9. The third kappa shape index (κ3) is 4.11. The van der Waals surface area contributed by atoms with Crippen molar-refractivity contribution >= 4 is 17.3 Å². The highest BCUT2D eigenvalue weighted by atomic mass is 16.2. The largest absolute Gasteiger partial charge is 0.348 e. The topological polar surface area (TPSA) is 78.7 Å². The molecule has 0 saturated heterocycles. The van der Waals surface area contributed by atoms with E-state index in [-0.39, 0.29) is 29.4 Å². The first-order chi connectivity index (χ1) is 11.4. The van der Waals surface area contributed by atoms with Crippen molar-refractivity contribution in [2.75, 3.05) is 27.2 Å². The third-order valence-electron chi connectivity index (χ3n) is 3.80. The standard InChI is InChI=1S/C17H25N5O2/c1-5-12(2)19-16(23)14-13-8-6-7-10-22(13)15(20-14)17(24)18-9-11-21(3)4/h6-8,10,12H,5,9,11H2,1-4H3,(H,18,24)(H,19,23). The number of imidazole rings is 1. The molecule has 1 atom stereocenters. The van der Waals surface area contributed by atoms with Crippen molar-refractivity contribution in [3.63, 3.8) is 0 Å². The lowest BCUT2D eigenvalue weighted by Gasteiger charge is -2.09. The van der Waals surface area contributed by atoms with Gasteiger partial charge in [-0.1, -0.05) is 13.0 Å². The van der Waals surface area contributed by atoms with E-state index in [1.165, 1.54) is 0 Å². The van der Waals surface area contributed by atoms with Crippen molar-refractivity contribution in [2.24, 2.45) is 0 Å². The van der Waals surface area contributed by atoms with Gasteiger partial charge in [0.1, 0.15) is 0 Å². The summed E-state index contributed by atoms with van der Waals surface area (Å²) in [6, 6.07) is 5.47. The summed E-state index contributed by atoms with van der Waals surface area (Å²) in [4.78, 5) is 31.1. The lowest BCUT2D eigenvalue weighted by Crippen LogP contribution is -2.33. The Morgan fingerprint density at radius 2 is 2.04 bits per heavy atom. The predicted molar refractivity (Wildman–Crippen MR) is 93.3 cm³/mol. The van der Waals surface area contributed by atoms with Crippen LogP contribution in [0.5, 0.6) is 0 Å². The molecule has 130 valence electrons. The highest BCUT2D eigenvalue weighted by Gasteiger charge is 2.21. The van der Waals surface area contributed by atoms with Gasteiger partial charge >= 0.3 is 0 Å². The maximum Gasteiger partial charge on any atom is 0.287 e. The van der Waals surface area contributed by atoms with Gasteiger partial charge in [0.2, 0.25) is 5.82 Å². The van der Waals surface area contributed by atoms with Crippen molar-refractivity contribution in [1.29, 1.82) is 0 Å². The molecule has 0 bridgehead atoms. The lowest BCUT2D eigenvalue weighted by molar-refractivity contribution is 0.0936. The quantitative estimate of drug-likeness (QED) is 0.798. The van der Waals surface area contributed by atoms with Crippen LogP contribution in [0.3, 0.4) is 0 Å². The predicted octanol–water partition coefficient (Wildman–Crippen LogP) is 1.15. The summed E-state index contributed by atoms with van der Waals surface area (Å²) in [5, 5.41) is 5.73. The van der Waals surface area contributed by atoms with E-state index < -0.39 is 0 Å². The van der Waals surface area contributed by atoms with Crippen LogP contribution in [-0.4, -0.2) is 59.3 Å². The Kier molecular flexibility index (Phi) is 5.92. The number of carbonyl (C=O) groups is 2. The van der Waals surface area contributed by atoms with E-state index >= 15 is 0 Å². The SMILES string of the molecule is CCC(C)NC(=O)c1nc(C(=O)NCCN(C)C)n2ccccc12. The zero-order valence-electron chi connectivity index (χ0n) is 14.7. The van der Waals surface area contributed by atoms with E-state index in [0.29, 0.717) is 12.1 Å². The molecule has 2 amide bonds. The maximum atomic E-state index is 12.4. The van der Waals surface area contributed by atoms with E-state index in [1.807, 2.05) is 45.0 Å². The van der Waals surface area contributed by atoms with Gasteiger partial charge in [-0.25, -0.2) is 4.98 Å². The van der Waals surface area contributed by atoms with Crippen molar-refractivity contribution in [2.45, 2.75) is 26.3 Å². The van der Waals surface area contributed by atoms with E-state index in [1.54, 1.807) is 16.7 Å². The highest BCUT2D eigenvalue weighted by Crippen LogP contribution is 2.13. The van der Waals surface area contributed by atoms with Crippen LogP contribution in [0.4, 0.5) is 0 Å². The van der Waals surface area contributed by atoms with Gasteiger partial charge in [-0.05, 0) is 39.6 Å². The molecule has 1 unspecified atom stereocenters. The monoisotopic (exact) mass is 331 g/mol. The molecule has 0 fully saturated rings. The van der Waals surface area contributed by atoms with Crippen LogP contribution in [0.25, 0.3) is 5.52 Å². The molecule has 0 radical (unpaired) electrons. The van der Waals surface area contributed by atoms with E-state index in [4.69, 9.17) is 0 Å². The van der Waals surface area contributed by atoms with Crippen molar-refractivity contribution in [3.05, 3.63) is 35.9 Å². The minimum atomic E-state index is -0.291. The van der Waals surface area contributed by atoms with Gasteiger partial charge in [-0.2, -0.15) is 0 Å². The number of likely N-dealkylation sites (N-methyl/N-ethyl adjacent to an activating group) is 1. The van der Waals surface area contributed by atoms with Crippen LogP contribution < -0.4 is 10.6 Å². The summed E-state index contributed by atoms with van der Waals surface area (Å²) in [5.74, 6) is -0.334. The number of amides is 2. The number of nitrogens with one attached hydrogen (secondary N) is 2. The summed E-state index contributed by atoms with van der Waals surface area (Å²) in [6.07, 6.45) is 2.57. The Bertz CT molecular complexity index is 723.